The van der Waals surface area contributed by atoms with Crippen LogP contribution < -0.4 is 9.80 Å². The third-order valence-corrected chi connectivity index (χ3v) is 9.35. The molecule has 0 bridgehead atoms. The van der Waals surface area contributed by atoms with Crippen molar-refractivity contribution in [2.75, 3.05) is 37.0 Å². The van der Waals surface area contributed by atoms with E-state index in [9.17, 15) is 30.0 Å². The number of rotatable bonds is 10. The highest BCUT2D eigenvalue weighted by Crippen LogP contribution is 2.39. The molecule has 0 radical (unpaired) electrons. The van der Waals surface area contributed by atoms with Crippen LogP contribution >= 0.6 is 11.6 Å². The predicted octanol–water partition coefficient (Wildman–Crippen LogP) is 9.23. The van der Waals surface area contributed by atoms with Gasteiger partial charge in [0.15, 0.2) is 0 Å². The number of phenols is 2. The number of halogens is 1. The number of fused-ring (bicyclic) bond motifs is 2. The summed E-state index contributed by atoms with van der Waals surface area (Å²) >= 11 is 6.23. The number of hydrogen-bond donors (Lipinski definition) is 4. The van der Waals surface area contributed by atoms with Crippen LogP contribution in [0.4, 0.5) is 11.4 Å². The van der Waals surface area contributed by atoms with Crippen molar-refractivity contribution in [3.05, 3.63) is 142 Å². The van der Waals surface area contributed by atoms with Crippen molar-refractivity contribution in [1.82, 2.24) is 0 Å². The van der Waals surface area contributed by atoms with E-state index in [-0.39, 0.29) is 17.5 Å². The molecule has 9 heteroatoms. The first-order valence-corrected chi connectivity index (χ1v) is 17.0. The van der Waals surface area contributed by atoms with E-state index in [1.165, 1.54) is 28.9 Å². The Hall–Kier alpha value is -5.73. The van der Waals surface area contributed by atoms with Crippen LogP contribution in [-0.2, 0) is 12.8 Å². The quantitative estimate of drug-likeness (QED) is 0.111. The van der Waals surface area contributed by atoms with Gasteiger partial charge in [0.1, 0.15) is 22.6 Å². The zero-order chi connectivity index (χ0) is 36.8. The van der Waals surface area contributed by atoms with Gasteiger partial charge in [-0.3, -0.25) is 0 Å². The molecule has 0 heterocycles. The number of benzene rings is 6. The smallest absolute Gasteiger partial charge is 0.339 e. The van der Waals surface area contributed by atoms with Crippen molar-refractivity contribution in [2.24, 2.45) is 0 Å². The summed E-state index contributed by atoms with van der Waals surface area (Å²) in [6.07, 6.45) is 0.886. The van der Waals surface area contributed by atoms with Crippen LogP contribution in [0.25, 0.3) is 21.5 Å². The molecule has 262 valence electrons. The number of anilines is 2. The number of nitrogens with zero attached hydrogens (tertiary/aromatic N) is 2. The van der Waals surface area contributed by atoms with Gasteiger partial charge in [-0.2, -0.15) is 0 Å². The minimum absolute atomic E-state index is 0.0407. The molecule has 0 aliphatic carbocycles. The van der Waals surface area contributed by atoms with E-state index in [1.54, 1.807) is 48.5 Å². The standard InChI is InChI=1S/C23H16O6.C19H25ClN2/c24-20-16(14-7-3-1-5-12(14)9-18(20)22(26)27)11-17-15-8-4-2-6-13(15)10-19(21(17)25)23(28)29;1-5-22(6-2)17-10-7-15(8-11-17)13-16-9-12-18(20)19(14-16)21(3)4/h1-10,24-25H,11H2,(H,26,27)(H,28,29);7-12,14H,5-6,13H2,1-4H3. The number of aromatic carboxylic acids is 2. The summed E-state index contributed by atoms with van der Waals surface area (Å²) in [5, 5.41) is 43.6. The number of carboxylic acids is 2. The fraction of sp³-hybridized carbons (Fsp3) is 0.190. The van der Waals surface area contributed by atoms with E-state index in [0.29, 0.717) is 32.7 Å². The van der Waals surface area contributed by atoms with Gasteiger partial charge in [-0.1, -0.05) is 78.3 Å². The highest BCUT2D eigenvalue weighted by atomic mass is 35.5. The molecule has 6 rings (SSSR count). The van der Waals surface area contributed by atoms with Gasteiger partial charge in [0.05, 0.1) is 10.7 Å². The molecule has 4 N–H and O–H groups in total. The van der Waals surface area contributed by atoms with Crippen LogP contribution in [0.1, 0.15) is 56.8 Å². The molecule has 0 amide bonds. The summed E-state index contributed by atoms with van der Waals surface area (Å²) in [4.78, 5) is 27.6. The lowest BCUT2D eigenvalue weighted by molar-refractivity contribution is 0.0682. The summed E-state index contributed by atoms with van der Waals surface area (Å²) in [6.45, 7) is 6.46. The van der Waals surface area contributed by atoms with Crippen molar-refractivity contribution in [2.45, 2.75) is 26.7 Å². The second-order valence-electron chi connectivity index (χ2n) is 12.4. The molecule has 6 aromatic rings. The Labute approximate surface area is 302 Å². The molecule has 0 aromatic heterocycles. The molecule has 0 fully saturated rings. The summed E-state index contributed by atoms with van der Waals surface area (Å²) in [7, 11) is 4.04. The van der Waals surface area contributed by atoms with Gasteiger partial charge in [0.25, 0.3) is 0 Å². The minimum atomic E-state index is -1.28. The molecule has 0 aliphatic rings. The van der Waals surface area contributed by atoms with Gasteiger partial charge in [0.2, 0.25) is 0 Å². The van der Waals surface area contributed by atoms with Crippen LogP contribution in [0.5, 0.6) is 11.5 Å². The Morgan fingerprint density at radius 2 is 1.10 bits per heavy atom. The lowest BCUT2D eigenvalue weighted by Crippen LogP contribution is -2.21. The van der Waals surface area contributed by atoms with Crippen LogP contribution in [-0.4, -0.2) is 59.5 Å². The number of carboxylic acid groups (broad SMARTS) is 2. The lowest BCUT2D eigenvalue weighted by atomic mass is 9.90. The maximum Gasteiger partial charge on any atom is 0.339 e. The minimum Gasteiger partial charge on any atom is -0.507 e. The van der Waals surface area contributed by atoms with Gasteiger partial charge in [-0.25, -0.2) is 9.59 Å². The van der Waals surface area contributed by atoms with Gasteiger partial charge < -0.3 is 30.2 Å². The molecular formula is C42H41ClN2O6. The summed E-state index contributed by atoms with van der Waals surface area (Å²) < 4.78 is 0. The van der Waals surface area contributed by atoms with Crippen molar-refractivity contribution < 1.29 is 30.0 Å². The number of aromatic hydroxyl groups is 2. The van der Waals surface area contributed by atoms with Gasteiger partial charge >= 0.3 is 11.9 Å². The van der Waals surface area contributed by atoms with Crippen molar-refractivity contribution in [3.63, 3.8) is 0 Å². The highest BCUT2D eigenvalue weighted by Gasteiger charge is 2.22. The molecule has 0 atom stereocenters. The molecule has 0 unspecified atom stereocenters. The largest absolute Gasteiger partial charge is 0.507 e. The van der Waals surface area contributed by atoms with Gasteiger partial charge in [-0.15, -0.1) is 0 Å². The second kappa shape index (κ2) is 15.9. The molecule has 0 saturated heterocycles. The van der Waals surface area contributed by atoms with Crippen molar-refractivity contribution in [1.29, 1.82) is 0 Å². The third kappa shape index (κ3) is 8.03. The topological polar surface area (TPSA) is 122 Å². The first-order valence-electron chi connectivity index (χ1n) is 16.7. The zero-order valence-electron chi connectivity index (χ0n) is 29.0. The van der Waals surface area contributed by atoms with Crippen molar-refractivity contribution >= 4 is 56.5 Å². The molecule has 0 spiro atoms. The fourth-order valence-electron chi connectivity index (χ4n) is 6.34. The van der Waals surface area contributed by atoms with Crippen molar-refractivity contribution in [3.8, 4) is 11.5 Å². The maximum atomic E-state index is 11.6. The molecule has 0 aliphatic heterocycles. The number of hydrogen-bond acceptors (Lipinski definition) is 6. The number of carbonyl (C=O) groups is 2. The van der Waals surface area contributed by atoms with Crippen LogP contribution in [0.3, 0.4) is 0 Å². The van der Waals surface area contributed by atoms with E-state index >= 15 is 0 Å². The average Bonchev–Trinajstić information content (AvgIpc) is 3.12. The predicted molar refractivity (Wildman–Crippen MR) is 207 cm³/mol. The fourth-order valence-corrected chi connectivity index (χ4v) is 6.63. The first-order chi connectivity index (χ1) is 24.4. The second-order valence-corrected chi connectivity index (χ2v) is 12.8. The summed E-state index contributed by atoms with van der Waals surface area (Å²) in [5.41, 5.74) is 5.07. The maximum absolute atomic E-state index is 11.6. The van der Waals surface area contributed by atoms with Gasteiger partial charge in [-0.05, 0) is 89.3 Å². The van der Waals surface area contributed by atoms with E-state index in [1.807, 2.05) is 20.2 Å². The Bertz CT molecular complexity index is 2110. The monoisotopic (exact) mass is 704 g/mol. The zero-order valence-corrected chi connectivity index (χ0v) is 29.8. The Balaban J connectivity index is 0.000000206. The first kappa shape index (κ1) is 36.5. The Morgan fingerprint density at radius 1 is 0.627 bits per heavy atom. The van der Waals surface area contributed by atoms with Crippen LogP contribution in [0, 0.1) is 0 Å². The Morgan fingerprint density at radius 3 is 1.55 bits per heavy atom. The summed E-state index contributed by atoms with van der Waals surface area (Å²) in [6, 6.07) is 31.9. The molecule has 51 heavy (non-hydrogen) atoms. The van der Waals surface area contributed by atoms with E-state index < -0.39 is 23.4 Å². The third-order valence-electron chi connectivity index (χ3n) is 9.03. The Kier molecular flexibility index (Phi) is 11.4. The normalized spacial score (nSPS) is 10.8. The van der Waals surface area contributed by atoms with Gasteiger partial charge in [0, 0.05) is 50.4 Å². The lowest BCUT2D eigenvalue weighted by Gasteiger charge is -2.21. The van der Waals surface area contributed by atoms with E-state index in [4.69, 9.17) is 11.6 Å². The van der Waals surface area contributed by atoms with Crippen LogP contribution in [0.2, 0.25) is 5.02 Å². The molecular weight excluding hydrogens is 664 g/mol. The molecule has 6 aromatic carbocycles. The SMILES string of the molecule is CCN(CC)c1ccc(Cc2ccc(Cl)c(N(C)C)c2)cc1.O=C(O)c1cc2ccccc2c(Cc2c(O)c(C(=O)O)cc3ccccc23)c1O. The summed E-state index contributed by atoms with van der Waals surface area (Å²) in [5.74, 6) is -3.36. The van der Waals surface area contributed by atoms with E-state index in [0.717, 1.165) is 30.2 Å². The molecule has 8 nitrogen and oxygen atoms in total. The van der Waals surface area contributed by atoms with Crippen LogP contribution in [0.15, 0.2) is 103 Å². The molecule has 0 saturated carbocycles. The van der Waals surface area contributed by atoms with E-state index in [2.05, 4.69) is 60.0 Å². The average molecular weight is 705 g/mol. The highest BCUT2D eigenvalue weighted by molar-refractivity contribution is 6.33.